The van der Waals surface area contributed by atoms with Crippen molar-refractivity contribution in [3.63, 3.8) is 0 Å². The summed E-state index contributed by atoms with van der Waals surface area (Å²) in [7, 11) is -2.04. The van der Waals surface area contributed by atoms with Crippen LogP contribution in [-0.4, -0.2) is 62.3 Å². The Balaban J connectivity index is 1.71. The average Bonchev–Trinajstić information content (AvgIpc) is 3.21. The van der Waals surface area contributed by atoms with Gasteiger partial charge >= 0.3 is 5.97 Å². The molecule has 3 rings (SSSR count). The average molecular weight is 591 g/mol. The number of benzene rings is 1. The molecule has 1 aliphatic heterocycles. The number of hydrogen-bond donors (Lipinski definition) is 2. The number of aliphatic carboxylic acids is 1. The summed E-state index contributed by atoms with van der Waals surface area (Å²) in [6.45, 7) is 12.6. The maximum atomic E-state index is 11.2. The van der Waals surface area contributed by atoms with E-state index in [9.17, 15) is 9.90 Å². The van der Waals surface area contributed by atoms with Gasteiger partial charge in [0.25, 0.3) is 0 Å². The molecule has 1 aliphatic carbocycles. The molecule has 0 bridgehead atoms. The van der Waals surface area contributed by atoms with Gasteiger partial charge in [0.05, 0.1) is 18.3 Å². The van der Waals surface area contributed by atoms with Gasteiger partial charge in [-0.2, -0.15) is 0 Å². The number of aliphatic hydroxyl groups is 1. The summed E-state index contributed by atoms with van der Waals surface area (Å²) in [4.78, 5) is 10.8. The van der Waals surface area contributed by atoms with Gasteiger partial charge in [0.15, 0.2) is 14.6 Å². The number of carbonyl (C=O) groups is 1. The molecular formula is C33H54O7Si. The fraction of sp³-hybridized carbons (Fsp3) is 0.727. The second kappa shape index (κ2) is 16.2. The zero-order chi connectivity index (χ0) is 29.9. The first-order valence-electron chi connectivity index (χ1n) is 15.6. The third kappa shape index (κ3) is 11.1. The molecule has 1 saturated heterocycles. The van der Waals surface area contributed by atoms with Crippen LogP contribution in [0.3, 0.4) is 0 Å². The lowest BCUT2D eigenvalue weighted by Crippen LogP contribution is -2.45. The Morgan fingerprint density at radius 2 is 1.90 bits per heavy atom. The van der Waals surface area contributed by atoms with Gasteiger partial charge in [-0.25, -0.2) is 0 Å². The van der Waals surface area contributed by atoms with Crippen LogP contribution in [-0.2, 0) is 18.7 Å². The predicted molar refractivity (Wildman–Crippen MR) is 165 cm³/mol. The van der Waals surface area contributed by atoms with Gasteiger partial charge in [0, 0.05) is 19.4 Å². The summed E-state index contributed by atoms with van der Waals surface area (Å²) < 4.78 is 25.5. The molecule has 232 valence electrons. The van der Waals surface area contributed by atoms with E-state index in [1.807, 2.05) is 30.3 Å². The van der Waals surface area contributed by atoms with Crippen LogP contribution >= 0.6 is 0 Å². The molecule has 2 aliphatic rings. The highest BCUT2D eigenvalue weighted by atomic mass is 28.4. The lowest BCUT2D eigenvalue weighted by molar-refractivity contribution is -0.196. The van der Waals surface area contributed by atoms with Crippen LogP contribution in [0.25, 0.3) is 0 Å². The Kier molecular flexibility index (Phi) is 13.4. The number of hydrogen-bond acceptors (Lipinski definition) is 6. The molecule has 0 spiro atoms. The van der Waals surface area contributed by atoms with Crippen molar-refractivity contribution in [2.24, 2.45) is 11.8 Å². The van der Waals surface area contributed by atoms with E-state index in [-0.39, 0.29) is 41.8 Å². The fourth-order valence-electron chi connectivity index (χ4n) is 5.65. The first kappa shape index (κ1) is 33.8. The second-order valence-electron chi connectivity index (χ2n) is 13.3. The van der Waals surface area contributed by atoms with Gasteiger partial charge in [-0.15, -0.1) is 0 Å². The van der Waals surface area contributed by atoms with Gasteiger partial charge < -0.3 is 28.8 Å². The Bertz CT molecular complexity index is 923. The summed E-state index contributed by atoms with van der Waals surface area (Å²) in [5.74, 6) is 0.318. The molecule has 1 saturated carbocycles. The Hall–Kier alpha value is -1.71. The van der Waals surface area contributed by atoms with E-state index in [2.05, 4.69) is 46.0 Å². The highest BCUT2D eigenvalue weighted by molar-refractivity contribution is 6.74. The van der Waals surface area contributed by atoms with Crippen molar-refractivity contribution in [2.45, 2.75) is 128 Å². The largest absolute Gasteiger partial charge is 0.491 e. The Morgan fingerprint density at radius 3 is 2.56 bits per heavy atom. The topological polar surface area (TPSA) is 94.5 Å². The van der Waals surface area contributed by atoms with Crippen LogP contribution in [0.2, 0.25) is 18.1 Å². The van der Waals surface area contributed by atoms with Gasteiger partial charge in [-0.1, -0.05) is 51.1 Å². The van der Waals surface area contributed by atoms with Crippen LogP contribution in [0.15, 0.2) is 42.5 Å². The molecule has 8 heteroatoms. The minimum atomic E-state index is -2.04. The van der Waals surface area contributed by atoms with Crippen LogP contribution < -0.4 is 4.74 Å². The van der Waals surface area contributed by atoms with Crippen molar-refractivity contribution >= 4 is 14.3 Å². The molecule has 1 heterocycles. The summed E-state index contributed by atoms with van der Waals surface area (Å²) >= 11 is 0. The van der Waals surface area contributed by atoms with E-state index in [0.29, 0.717) is 19.4 Å². The third-order valence-corrected chi connectivity index (χ3v) is 13.6. The maximum Gasteiger partial charge on any atom is 0.303 e. The number of ether oxygens (including phenoxy) is 3. The van der Waals surface area contributed by atoms with Crippen molar-refractivity contribution in [1.29, 1.82) is 0 Å². The highest BCUT2D eigenvalue weighted by Gasteiger charge is 2.44. The fourth-order valence-corrected chi connectivity index (χ4v) is 7.02. The molecule has 2 unspecified atom stereocenters. The van der Waals surface area contributed by atoms with Crippen molar-refractivity contribution in [1.82, 2.24) is 0 Å². The highest BCUT2D eigenvalue weighted by Crippen LogP contribution is 2.42. The number of carboxylic acid groups (broad SMARTS) is 1. The smallest absolute Gasteiger partial charge is 0.303 e. The molecule has 1 aromatic rings. The molecule has 0 amide bonds. The standard InChI is InChI=1S/C33H54O7Si/c1-33(2,3)41(4,5)40-26(24-38-25-15-9-8-10-16-25)20-21-28-27(17-11-6-7-12-18-31(35)36)29(34)23-30(28)39-32-19-13-14-22-37-32/h6,8-11,15-16,26-30,32,34H,7,12-14,17-24H2,1-5H3,(H,35,36)/b11-6-/t26-,27+,28+,29-,30?,32?/m0/s1. The predicted octanol–water partition coefficient (Wildman–Crippen LogP) is 7.35. The van der Waals surface area contributed by atoms with Gasteiger partial charge in [-0.05, 0) is 93.5 Å². The number of carboxylic acids is 1. The van der Waals surface area contributed by atoms with Gasteiger partial charge in [0.2, 0.25) is 0 Å². The van der Waals surface area contributed by atoms with Crippen molar-refractivity contribution in [2.75, 3.05) is 13.2 Å². The summed E-state index contributed by atoms with van der Waals surface area (Å²) in [5.41, 5.74) is 0. The molecule has 0 radical (unpaired) electrons. The molecule has 6 atom stereocenters. The van der Waals surface area contributed by atoms with Crippen molar-refractivity contribution in [3.05, 3.63) is 42.5 Å². The van der Waals surface area contributed by atoms with E-state index < -0.39 is 20.4 Å². The van der Waals surface area contributed by atoms with Gasteiger partial charge in [0.1, 0.15) is 12.4 Å². The quantitative estimate of drug-likeness (QED) is 0.118. The van der Waals surface area contributed by atoms with E-state index in [0.717, 1.165) is 57.3 Å². The molecule has 41 heavy (non-hydrogen) atoms. The molecule has 1 aromatic carbocycles. The summed E-state index contributed by atoms with van der Waals surface area (Å²) in [5, 5.41) is 20.1. The second-order valence-corrected chi connectivity index (χ2v) is 18.1. The van der Waals surface area contributed by atoms with E-state index >= 15 is 0 Å². The van der Waals surface area contributed by atoms with Gasteiger partial charge in [-0.3, -0.25) is 4.79 Å². The monoisotopic (exact) mass is 590 g/mol. The number of rotatable bonds is 16. The zero-order valence-electron chi connectivity index (χ0n) is 25.9. The van der Waals surface area contributed by atoms with Crippen LogP contribution in [0.5, 0.6) is 5.75 Å². The molecule has 2 fully saturated rings. The zero-order valence-corrected chi connectivity index (χ0v) is 26.9. The first-order valence-corrected chi connectivity index (χ1v) is 18.5. The molecule has 7 nitrogen and oxygen atoms in total. The SMILES string of the molecule is CC(C)(C)[Si](C)(C)O[C@@H](CC[C@H]1C(OC2CCCCO2)C[C@H](O)[C@@H]1C/C=C\CCCC(=O)O)COc1ccccc1. The molecule has 2 N–H and O–H groups in total. The van der Waals surface area contributed by atoms with E-state index in [1.165, 1.54) is 0 Å². The maximum absolute atomic E-state index is 11.2. The third-order valence-electron chi connectivity index (χ3n) is 9.06. The minimum absolute atomic E-state index is 0.0624. The molecule has 0 aromatic heterocycles. The Morgan fingerprint density at radius 1 is 1.15 bits per heavy atom. The van der Waals surface area contributed by atoms with Crippen molar-refractivity contribution < 1.29 is 33.6 Å². The van der Waals surface area contributed by atoms with Crippen LogP contribution in [0.4, 0.5) is 0 Å². The number of allylic oxidation sites excluding steroid dienone is 2. The number of unbranched alkanes of at least 4 members (excludes halogenated alkanes) is 1. The lowest BCUT2D eigenvalue weighted by Gasteiger charge is -2.39. The van der Waals surface area contributed by atoms with Crippen molar-refractivity contribution in [3.8, 4) is 5.75 Å². The minimum Gasteiger partial charge on any atom is -0.491 e. The summed E-state index contributed by atoms with van der Waals surface area (Å²) in [6.07, 6.45) is 11.0. The lowest BCUT2D eigenvalue weighted by atomic mass is 9.86. The van der Waals surface area contributed by atoms with Crippen LogP contribution in [0.1, 0.15) is 85.0 Å². The first-order chi connectivity index (χ1) is 19.5. The van der Waals surface area contributed by atoms with E-state index in [1.54, 1.807) is 0 Å². The molecular weight excluding hydrogens is 536 g/mol. The number of para-hydroxylation sites is 1. The van der Waals surface area contributed by atoms with Crippen LogP contribution in [0, 0.1) is 11.8 Å². The Labute approximate surface area is 248 Å². The summed E-state index contributed by atoms with van der Waals surface area (Å²) in [6, 6.07) is 9.90. The van der Waals surface area contributed by atoms with E-state index in [4.69, 9.17) is 23.7 Å². The normalized spacial score (nSPS) is 26.3. The number of aliphatic hydroxyl groups excluding tert-OH is 1.